The van der Waals surface area contributed by atoms with E-state index in [1.165, 1.54) is 5.56 Å². The molecule has 20 heavy (non-hydrogen) atoms. The highest BCUT2D eigenvalue weighted by atomic mass is 16.5. The number of H-pyrrole nitrogens is 1. The smallest absolute Gasteiger partial charge is 0.101 e. The van der Waals surface area contributed by atoms with Crippen LogP contribution < -0.4 is 5.32 Å². The Morgan fingerprint density at radius 2 is 2.40 bits per heavy atom. The van der Waals surface area contributed by atoms with Gasteiger partial charge in [0.25, 0.3) is 0 Å². The van der Waals surface area contributed by atoms with Crippen LogP contribution in [-0.4, -0.2) is 32.6 Å². The van der Waals surface area contributed by atoms with Crippen LogP contribution in [0, 0.1) is 6.92 Å². The number of nitrogens with zero attached hydrogens (tertiary/aromatic N) is 3. The summed E-state index contributed by atoms with van der Waals surface area (Å²) in [6.07, 6.45) is 8.12. The second-order valence-corrected chi connectivity index (χ2v) is 5.39. The lowest BCUT2D eigenvalue weighted by atomic mass is 9.98. The molecule has 0 bridgehead atoms. The van der Waals surface area contributed by atoms with E-state index in [1.807, 2.05) is 37.2 Å². The molecule has 0 spiro atoms. The Bertz CT molecular complexity index is 561. The van der Waals surface area contributed by atoms with Gasteiger partial charge in [-0.3, -0.25) is 9.78 Å². The Hall–Kier alpha value is -1.66. The molecule has 1 saturated heterocycles. The van der Waals surface area contributed by atoms with Crippen molar-refractivity contribution in [3.63, 3.8) is 0 Å². The zero-order valence-electron chi connectivity index (χ0n) is 12.0. The lowest BCUT2D eigenvalue weighted by molar-refractivity contribution is -0.0112. The number of aromatic nitrogens is 4. The third kappa shape index (κ3) is 2.76. The molecule has 1 fully saturated rings. The summed E-state index contributed by atoms with van der Waals surface area (Å²) in [4.78, 5) is 0. The maximum atomic E-state index is 5.95. The molecule has 6 heteroatoms. The number of nitrogens with one attached hydrogen (secondary N) is 2. The minimum atomic E-state index is 0.0876. The molecule has 0 unspecified atom stereocenters. The molecule has 6 nitrogen and oxygen atoms in total. The fraction of sp³-hybridized carbons (Fsp3) is 0.571. The van der Waals surface area contributed by atoms with Gasteiger partial charge >= 0.3 is 0 Å². The maximum Gasteiger partial charge on any atom is 0.101 e. The number of aryl methyl sites for hydroxylation is 2. The standard InChI is InChI=1S/C14H21N5O/c1-10-11(7-16-18-10)6-15-13-4-3-5-20-14(13)12-8-17-19(2)9-12/h7-9,13-15H,3-6H2,1-2H3,(H,16,18)/t13-,14+/m0/s1. The highest BCUT2D eigenvalue weighted by Gasteiger charge is 2.28. The summed E-state index contributed by atoms with van der Waals surface area (Å²) in [6, 6.07) is 0.322. The normalized spacial score (nSPS) is 23.1. The average molecular weight is 275 g/mol. The topological polar surface area (TPSA) is 67.8 Å². The molecule has 0 aliphatic carbocycles. The molecule has 0 saturated carbocycles. The van der Waals surface area contributed by atoms with Crippen LogP contribution in [0.2, 0.25) is 0 Å². The predicted molar refractivity (Wildman–Crippen MR) is 75.1 cm³/mol. The predicted octanol–water partition coefficient (Wildman–Crippen LogP) is 1.46. The molecule has 0 aromatic carbocycles. The van der Waals surface area contributed by atoms with E-state index in [4.69, 9.17) is 4.74 Å². The van der Waals surface area contributed by atoms with Crippen LogP contribution in [0.1, 0.15) is 35.8 Å². The SMILES string of the molecule is Cc1[nH]ncc1CN[C@H]1CCCO[C@@H]1c1cnn(C)c1. The van der Waals surface area contributed by atoms with Crippen molar-refractivity contribution in [2.24, 2.45) is 7.05 Å². The Kier molecular flexibility index (Phi) is 3.84. The molecule has 3 rings (SSSR count). The van der Waals surface area contributed by atoms with Crippen molar-refractivity contribution in [2.75, 3.05) is 6.61 Å². The summed E-state index contributed by atoms with van der Waals surface area (Å²) in [7, 11) is 1.93. The van der Waals surface area contributed by atoms with E-state index in [1.54, 1.807) is 0 Å². The van der Waals surface area contributed by atoms with Crippen LogP contribution in [0.3, 0.4) is 0 Å². The van der Waals surface area contributed by atoms with Gasteiger partial charge in [0.2, 0.25) is 0 Å². The zero-order valence-corrected chi connectivity index (χ0v) is 12.0. The first-order valence-corrected chi connectivity index (χ1v) is 7.06. The molecular weight excluding hydrogens is 254 g/mol. The van der Waals surface area contributed by atoms with Crippen LogP contribution in [0.25, 0.3) is 0 Å². The monoisotopic (exact) mass is 275 g/mol. The van der Waals surface area contributed by atoms with E-state index in [-0.39, 0.29) is 6.10 Å². The molecule has 2 N–H and O–H groups in total. The number of hydrogen-bond donors (Lipinski definition) is 2. The van der Waals surface area contributed by atoms with Gasteiger partial charge in [-0.25, -0.2) is 0 Å². The minimum absolute atomic E-state index is 0.0876. The van der Waals surface area contributed by atoms with Gasteiger partial charge in [-0.2, -0.15) is 10.2 Å². The van der Waals surface area contributed by atoms with Crippen LogP contribution in [0.5, 0.6) is 0 Å². The first kappa shape index (κ1) is 13.3. The molecule has 3 heterocycles. The molecule has 2 atom stereocenters. The van der Waals surface area contributed by atoms with Crippen molar-refractivity contribution in [2.45, 2.75) is 38.5 Å². The van der Waals surface area contributed by atoms with E-state index < -0.39 is 0 Å². The number of ether oxygens (including phenoxy) is 1. The van der Waals surface area contributed by atoms with Crippen LogP contribution in [-0.2, 0) is 18.3 Å². The molecule has 108 valence electrons. The second kappa shape index (κ2) is 5.76. The van der Waals surface area contributed by atoms with Gasteiger partial charge in [0, 0.05) is 49.3 Å². The molecule has 0 amide bonds. The van der Waals surface area contributed by atoms with Gasteiger partial charge in [0.15, 0.2) is 0 Å². The summed E-state index contributed by atoms with van der Waals surface area (Å²) in [5, 5.41) is 14.9. The zero-order chi connectivity index (χ0) is 13.9. The lowest BCUT2D eigenvalue weighted by Crippen LogP contribution is -2.39. The number of hydrogen-bond acceptors (Lipinski definition) is 4. The Morgan fingerprint density at radius 3 is 3.10 bits per heavy atom. The third-order valence-corrected chi connectivity index (χ3v) is 3.86. The second-order valence-electron chi connectivity index (χ2n) is 5.39. The van der Waals surface area contributed by atoms with Crippen molar-refractivity contribution in [1.82, 2.24) is 25.3 Å². The number of aromatic amines is 1. The molecule has 2 aromatic heterocycles. The van der Waals surface area contributed by atoms with Gasteiger partial charge in [-0.15, -0.1) is 0 Å². The van der Waals surface area contributed by atoms with E-state index in [2.05, 4.69) is 20.6 Å². The van der Waals surface area contributed by atoms with Gasteiger partial charge in [-0.1, -0.05) is 0 Å². The summed E-state index contributed by atoms with van der Waals surface area (Å²) >= 11 is 0. The van der Waals surface area contributed by atoms with E-state index in [0.29, 0.717) is 6.04 Å². The molecule has 1 aliphatic heterocycles. The first-order valence-electron chi connectivity index (χ1n) is 7.06. The Morgan fingerprint density at radius 1 is 1.50 bits per heavy atom. The van der Waals surface area contributed by atoms with Crippen molar-refractivity contribution in [3.05, 3.63) is 35.4 Å². The quantitative estimate of drug-likeness (QED) is 0.886. The van der Waals surface area contributed by atoms with Crippen molar-refractivity contribution in [3.8, 4) is 0 Å². The van der Waals surface area contributed by atoms with Crippen LogP contribution in [0.4, 0.5) is 0 Å². The maximum absolute atomic E-state index is 5.95. The first-order chi connectivity index (χ1) is 9.74. The minimum Gasteiger partial charge on any atom is -0.372 e. The van der Waals surface area contributed by atoms with Gasteiger partial charge < -0.3 is 10.1 Å². The fourth-order valence-corrected chi connectivity index (χ4v) is 2.70. The molecular formula is C14H21N5O. The van der Waals surface area contributed by atoms with Crippen molar-refractivity contribution >= 4 is 0 Å². The largest absolute Gasteiger partial charge is 0.372 e. The summed E-state index contributed by atoms with van der Waals surface area (Å²) < 4.78 is 7.77. The van der Waals surface area contributed by atoms with Crippen molar-refractivity contribution in [1.29, 1.82) is 0 Å². The van der Waals surface area contributed by atoms with Crippen LogP contribution >= 0.6 is 0 Å². The highest BCUT2D eigenvalue weighted by Crippen LogP contribution is 2.28. The van der Waals surface area contributed by atoms with E-state index in [0.717, 1.165) is 37.3 Å². The Balaban J connectivity index is 1.68. The Labute approximate surface area is 118 Å². The summed E-state index contributed by atoms with van der Waals surface area (Å²) in [5.74, 6) is 0. The summed E-state index contributed by atoms with van der Waals surface area (Å²) in [6.45, 7) is 3.68. The van der Waals surface area contributed by atoms with Crippen molar-refractivity contribution < 1.29 is 4.74 Å². The average Bonchev–Trinajstić information content (AvgIpc) is 3.06. The van der Waals surface area contributed by atoms with Gasteiger partial charge in [-0.05, 0) is 19.8 Å². The third-order valence-electron chi connectivity index (χ3n) is 3.86. The van der Waals surface area contributed by atoms with E-state index in [9.17, 15) is 0 Å². The van der Waals surface area contributed by atoms with Gasteiger partial charge in [0.05, 0.1) is 12.4 Å². The molecule has 1 aliphatic rings. The molecule has 2 aromatic rings. The fourth-order valence-electron chi connectivity index (χ4n) is 2.70. The summed E-state index contributed by atoms with van der Waals surface area (Å²) in [5.41, 5.74) is 3.47. The van der Waals surface area contributed by atoms with E-state index >= 15 is 0 Å². The highest BCUT2D eigenvalue weighted by molar-refractivity contribution is 5.15. The van der Waals surface area contributed by atoms with Crippen LogP contribution in [0.15, 0.2) is 18.6 Å². The molecule has 0 radical (unpaired) electrons. The number of rotatable bonds is 4. The van der Waals surface area contributed by atoms with Gasteiger partial charge in [0.1, 0.15) is 6.10 Å². The lowest BCUT2D eigenvalue weighted by Gasteiger charge is -2.32.